The maximum Gasteiger partial charge on any atom is 0.205 e. The Hall–Kier alpha value is 0.177. The van der Waals surface area contributed by atoms with Crippen molar-refractivity contribution in [2.45, 2.75) is 90.3 Å². The van der Waals surface area contributed by atoms with Gasteiger partial charge < -0.3 is 4.43 Å². The molecule has 0 bridgehead atoms. The Labute approximate surface area is 110 Å². The van der Waals surface area contributed by atoms with Gasteiger partial charge in [-0.2, -0.15) is 0 Å². The zero-order chi connectivity index (χ0) is 12.5. The predicted molar refractivity (Wildman–Crippen MR) is 77.7 cm³/mol. The SMILES string of the molecule is CCCCCCC(O[Si](C)C)C1CCCCC1. The summed E-state index contributed by atoms with van der Waals surface area (Å²) >= 11 is 0. The van der Waals surface area contributed by atoms with Gasteiger partial charge >= 0.3 is 0 Å². The summed E-state index contributed by atoms with van der Waals surface area (Å²) in [6.07, 6.45) is 14.6. The van der Waals surface area contributed by atoms with Crippen LogP contribution in [0.15, 0.2) is 0 Å². The van der Waals surface area contributed by atoms with Gasteiger partial charge in [0.1, 0.15) is 0 Å². The summed E-state index contributed by atoms with van der Waals surface area (Å²) in [6, 6.07) is 0. The van der Waals surface area contributed by atoms with Crippen LogP contribution in [0.25, 0.3) is 0 Å². The highest BCUT2D eigenvalue weighted by Crippen LogP contribution is 2.30. The minimum atomic E-state index is -0.524. The van der Waals surface area contributed by atoms with E-state index < -0.39 is 9.04 Å². The van der Waals surface area contributed by atoms with Crippen molar-refractivity contribution in [1.82, 2.24) is 0 Å². The van der Waals surface area contributed by atoms with Crippen LogP contribution in [0.2, 0.25) is 13.1 Å². The normalized spacial score (nSPS) is 19.8. The molecule has 0 heterocycles. The van der Waals surface area contributed by atoms with E-state index in [1.165, 1.54) is 64.2 Å². The fourth-order valence-electron chi connectivity index (χ4n) is 2.97. The molecule has 1 rings (SSSR count). The van der Waals surface area contributed by atoms with Crippen LogP contribution in [0.3, 0.4) is 0 Å². The molecule has 1 unspecified atom stereocenters. The molecule has 0 spiro atoms. The molecular formula is C15H31OSi. The van der Waals surface area contributed by atoms with Gasteiger partial charge in [0.25, 0.3) is 0 Å². The molecule has 1 nitrogen and oxygen atoms in total. The van der Waals surface area contributed by atoms with Crippen molar-refractivity contribution in [3.63, 3.8) is 0 Å². The Kier molecular flexibility index (Phi) is 8.20. The fourth-order valence-corrected chi connectivity index (χ4v) is 3.89. The third kappa shape index (κ3) is 6.61. The lowest BCUT2D eigenvalue weighted by atomic mass is 9.83. The summed E-state index contributed by atoms with van der Waals surface area (Å²) in [6.45, 7) is 6.85. The molecule has 1 atom stereocenters. The van der Waals surface area contributed by atoms with Crippen LogP contribution in [0, 0.1) is 5.92 Å². The molecule has 0 aliphatic heterocycles. The maximum atomic E-state index is 6.27. The highest BCUT2D eigenvalue weighted by Gasteiger charge is 2.24. The minimum Gasteiger partial charge on any atom is -0.414 e. The van der Waals surface area contributed by atoms with Crippen molar-refractivity contribution in [2.24, 2.45) is 5.92 Å². The molecule has 0 aromatic rings. The van der Waals surface area contributed by atoms with Crippen LogP contribution in [0.5, 0.6) is 0 Å². The van der Waals surface area contributed by atoms with Crippen molar-refractivity contribution in [1.29, 1.82) is 0 Å². The largest absolute Gasteiger partial charge is 0.414 e. The zero-order valence-corrected chi connectivity index (χ0v) is 13.1. The first-order chi connectivity index (χ1) is 8.24. The van der Waals surface area contributed by atoms with Gasteiger partial charge in [-0.1, -0.05) is 51.9 Å². The van der Waals surface area contributed by atoms with E-state index in [0.29, 0.717) is 6.10 Å². The van der Waals surface area contributed by atoms with Crippen molar-refractivity contribution in [3.8, 4) is 0 Å². The quantitative estimate of drug-likeness (QED) is 0.429. The third-order valence-corrected chi connectivity index (χ3v) is 4.68. The minimum absolute atomic E-state index is 0.524. The Bertz CT molecular complexity index is 176. The van der Waals surface area contributed by atoms with Crippen molar-refractivity contribution in [3.05, 3.63) is 0 Å². The maximum absolute atomic E-state index is 6.27. The number of unbranched alkanes of at least 4 members (excludes halogenated alkanes) is 3. The average Bonchev–Trinajstić information content (AvgIpc) is 2.34. The van der Waals surface area contributed by atoms with Gasteiger partial charge in [-0.15, -0.1) is 0 Å². The first kappa shape index (κ1) is 15.2. The highest BCUT2D eigenvalue weighted by molar-refractivity contribution is 6.48. The molecule has 1 aliphatic carbocycles. The number of rotatable bonds is 8. The van der Waals surface area contributed by atoms with Crippen LogP contribution in [-0.2, 0) is 4.43 Å². The van der Waals surface area contributed by atoms with Gasteiger partial charge in [0.2, 0.25) is 9.04 Å². The summed E-state index contributed by atoms with van der Waals surface area (Å²) in [5, 5.41) is 0. The molecule has 1 aliphatic rings. The van der Waals surface area contributed by atoms with Gasteiger partial charge in [0.15, 0.2) is 0 Å². The van der Waals surface area contributed by atoms with Crippen LogP contribution < -0.4 is 0 Å². The van der Waals surface area contributed by atoms with Crippen molar-refractivity contribution >= 4 is 9.04 Å². The molecule has 17 heavy (non-hydrogen) atoms. The van der Waals surface area contributed by atoms with Gasteiger partial charge in [-0.25, -0.2) is 0 Å². The monoisotopic (exact) mass is 255 g/mol. The van der Waals surface area contributed by atoms with Crippen LogP contribution >= 0.6 is 0 Å². The average molecular weight is 255 g/mol. The van der Waals surface area contributed by atoms with E-state index in [-0.39, 0.29) is 0 Å². The molecule has 1 radical (unpaired) electrons. The van der Waals surface area contributed by atoms with E-state index in [1.54, 1.807) is 0 Å². The molecule has 0 amide bonds. The second kappa shape index (κ2) is 9.15. The molecule has 0 aromatic heterocycles. The predicted octanol–water partition coefficient (Wildman–Crippen LogP) is 5.17. The van der Waals surface area contributed by atoms with E-state index in [1.807, 2.05) is 0 Å². The van der Waals surface area contributed by atoms with E-state index in [9.17, 15) is 0 Å². The fraction of sp³-hybridized carbons (Fsp3) is 1.00. The molecule has 0 aromatic carbocycles. The lowest BCUT2D eigenvalue weighted by Crippen LogP contribution is -2.30. The summed E-state index contributed by atoms with van der Waals surface area (Å²) in [5.41, 5.74) is 0. The standard InChI is InChI=1S/C15H31OSi/c1-4-5-6-10-13-15(16-17(2)3)14-11-8-7-9-12-14/h14-15H,4-13H2,1-3H3. The van der Waals surface area contributed by atoms with Crippen molar-refractivity contribution < 1.29 is 4.43 Å². The Morgan fingerprint density at radius 3 is 2.35 bits per heavy atom. The Balaban J connectivity index is 2.30. The van der Waals surface area contributed by atoms with E-state index in [0.717, 1.165) is 5.92 Å². The Morgan fingerprint density at radius 2 is 1.76 bits per heavy atom. The lowest BCUT2D eigenvalue weighted by molar-refractivity contribution is 0.0969. The molecule has 101 valence electrons. The molecule has 0 N–H and O–H groups in total. The van der Waals surface area contributed by atoms with E-state index in [4.69, 9.17) is 4.43 Å². The van der Waals surface area contributed by atoms with Crippen LogP contribution in [0.4, 0.5) is 0 Å². The number of hydrogen-bond acceptors (Lipinski definition) is 1. The van der Waals surface area contributed by atoms with Crippen molar-refractivity contribution in [2.75, 3.05) is 0 Å². The first-order valence-electron chi connectivity index (χ1n) is 7.71. The second-order valence-electron chi connectivity index (χ2n) is 5.81. The van der Waals surface area contributed by atoms with Gasteiger partial charge in [0, 0.05) is 6.10 Å². The summed E-state index contributed by atoms with van der Waals surface area (Å²) in [5.74, 6) is 0.880. The summed E-state index contributed by atoms with van der Waals surface area (Å²) in [4.78, 5) is 0. The number of hydrogen-bond donors (Lipinski definition) is 0. The van der Waals surface area contributed by atoms with Gasteiger partial charge in [-0.05, 0) is 38.3 Å². The molecular weight excluding hydrogens is 224 g/mol. The second-order valence-corrected chi connectivity index (χ2v) is 7.86. The molecule has 0 saturated heterocycles. The van der Waals surface area contributed by atoms with Gasteiger partial charge in [0.05, 0.1) is 0 Å². The third-order valence-electron chi connectivity index (χ3n) is 3.90. The molecule has 1 fully saturated rings. The highest BCUT2D eigenvalue weighted by atomic mass is 28.3. The topological polar surface area (TPSA) is 9.23 Å². The van der Waals surface area contributed by atoms with Gasteiger partial charge in [-0.3, -0.25) is 0 Å². The zero-order valence-electron chi connectivity index (χ0n) is 12.1. The van der Waals surface area contributed by atoms with E-state index in [2.05, 4.69) is 20.0 Å². The Morgan fingerprint density at radius 1 is 1.06 bits per heavy atom. The first-order valence-corrected chi connectivity index (χ1v) is 10.1. The smallest absolute Gasteiger partial charge is 0.205 e. The summed E-state index contributed by atoms with van der Waals surface area (Å²) < 4.78 is 6.27. The molecule has 1 saturated carbocycles. The van der Waals surface area contributed by atoms with E-state index >= 15 is 0 Å². The van der Waals surface area contributed by atoms with Crippen LogP contribution in [-0.4, -0.2) is 15.1 Å². The summed E-state index contributed by atoms with van der Waals surface area (Å²) in [7, 11) is -0.524. The van der Waals surface area contributed by atoms with Crippen LogP contribution in [0.1, 0.15) is 71.1 Å². The lowest BCUT2D eigenvalue weighted by Gasteiger charge is -2.31. The molecule has 2 heteroatoms.